The summed E-state index contributed by atoms with van der Waals surface area (Å²) in [6, 6.07) is 0.689. The van der Waals surface area contributed by atoms with E-state index in [2.05, 4.69) is 38.2 Å². The van der Waals surface area contributed by atoms with Gasteiger partial charge in [-0.2, -0.15) is 5.10 Å². The first-order valence-corrected chi connectivity index (χ1v) is 5.73. The molecule has 2 rings (SSSR count). The standard InChI is InChI=1S/C12H21N3/c1-7-10(6-11(7)13-4)12-8(2)14-15(5)9(12)3/h7,10-11,13H,6H2,1-5H3. The third-order valence-corrected chi connectivity index (χ3v) is 4.08. The predicted octanol–water partition coefficient (Wildman–Crippen LogP) is 1.75. The molecule has 84 valence electrons. The second kappa shape index (κ2) is 3.63. The van der Waals surface area contributed by atoms with E-state index in [1.807, 2.05) is 11.7 Å². The van der Waals surface area contributed by atoms with Crippen molar-refractivity contribution in [2.75, 3.05) is 7.05 Å². The molecule has 0 bridgehead atoms. The van der Waals surface area contributed by atoms with Gasteiger partial charge in [-0.3, -0.25) is 4.68 Å². The molecule has 3 atom stereocenters. The van der Waals surface area contributed by atoms with E-state index in [4.69, 9.17) is 0 Å². The molecule has 1 N–H and O–H groups in total. The van der Waals surface area contributed by atoms with Crippen molar-refractivity contribution in [1.29, 1.82) is 0 Å². The van der Waals surface area contributed by atoms with Gasteiger partial charge in [0, 0.05) is 18.8 Å². The van der Waals surface area contributed by atoms with E-state index >= 15 is 0 Å². The molecule has 0 saturated heterocycles. The summed E-state index contributed by atoms with van der Waals surface area (Å²) in [7, 11) is 4.09. The zero-order valence-electron chi connectivity index (χ0n) is 10.3. The predicted molar refractivity (Wildman–Crippen MR) is 62.1 cm³/mol. The maximum atomic E-state index is 4.50. The maximum absolute atomic E-state index is 4.50. The Morgan fingerprint density at radius 3 is 2.47 bits per heavy atom. The van der Waals surface area contributed by atoms with Crippen LogP contribution in [0.2, 0.25) is 0 Å². The first-order chi connectivity index (χ1) is 7.06. The van der Waals surface area contributed by atoms with Crippen LogP contribution in [0.3, 0.4) is 0 Å². The summed E-state index contributed by atoms with van der Waals surface area (Å²) in [5.41, 5.74) is 4.02. The van der Waals surface area contributed by atoms with Gasteiger partial charge < -0.3 is 5.32 Å². The van der Waals surface area contributed by atoms with Gasteiger partial charge in [-0.25, -0.2) is 0 Å². The fraction of sp³-hybridized carbons (Fsp3) is 0.750. The van der Waals surface area contributed by atoms with E-state index in [1.54, 1.807) is 0 Å². The summed E-state index contributed by atoms with van der Waals surface area (Å²) in [4.78, 5) is 0. The lowest BCUT2D eigenvalue weighted by atomic mass is 9.66. The van der Waals surface area contributed by atoms with Crippen molar-refractivity contribution in [1.82, 2.24) is 15.1 Å². The van der Waals surface area contributed by atoms with Crippen LogP contribution in [0.1, 0.15) is 36.2 Å². The van der Waals surface area contributed by atoms with Gasteiger partial charge in [0.15, 0.2) is 0 Å². The lowest BCUT2D eigenvalue weighted by Gasteiger charge is -2.43. The summed E-state index contributed by atoms with van der Waals surface area (Å²) in [5.74, 6) is 1.44. The normalized spacial score (nSPS) is 30.3. The van der Waals surface area contributed by atoms with Gasteiger partial charge in [0.25, 0.3) is 0 Å². The van der Waals surface area contributed by atoms with Crippen molar-refractivity contribution in [3.63, 3.8) is 0 Å². The fourth-order valence-electron chi connectivity index (χ4n) is 2.88. The Kier molecular flexibility index (Phi) is 2.59. The molecule has 1 aliphatic rings. The zero-order valence-corrected chi connectivity index (χ0v) is 10.3. The highest BCUT2D eigenvalue weighted by Gasteiger charge is 2.39. The molecule has 0 radical (unpaired) electrons. The summed E-state index contributed by atoms with van der Waals surface area (Å²) in [6.07, 6.45) is 1.26. The first-order valence-electron chi connectivity index (χ1n) is 5.73. The van der Waals surface area contributed by atoms with Gasteiger partial charge in [0.05, 0.1) is 5.69 Å². The lowest BCUT2D eigenvalue weighted by molar-refractivity contribution is 0.193. The van der Waals surface area contributed by atoms with Crippen LogP contribution in [0.15, 0.2) is 0 Å². The summed E-state index contributed by atoms with van der Waals surface area (Å²) in [5, 5.41) is 7.86. The molecule has 3 heteroatoms. The zero-order chi connectivity index (χ0) is 11.2. The monoisotopic (exact) mass is 207 g/mol. The Labute approximate surface area is 91.9 Å². The number of rotatable bonds is 2. The third kappa shape index (κ3) is 1.49. The molecule has 3 nitrogen and oxygen atoms in total. The fourth-order valence-corrected chi connectivity index (χ4v) is 2.88. The summed E-state index contributed by atoms with van der Waals surface area (Å²) < 4.78 is 2.00. The van der Waals surface area contributed by atoms with E-state index in [0.717, 1.165) is 5.92 Å². The average molecular weight is 207 g/mol. The van der Waals surface area contributed by atoms with Gasteiger partial charge in [0.1, 0.15) is 0 Å². The minimum absolute atomic E-state index is 0.689. The highest BCUT2D eigenvalue weighted by atomic mass is 15.3. The number of aromatic nitrogens is 2. The SMILES string of the molecule is CNC1CC(c2c(C)nn(C)c2C)C1C. The van der Waals surface area contributed by atoms with Crippen molar-refractivity contribution in [2.45, 2.75) is 39.2 Å². The molecule has 1 aromatic heterocycles. The molecule has 0 spiro atoms. The van der Waals surface area contributed by atoms with Crippen LogP contribution < -0.4 is 5.32 Å². The molecule has 1 aromatic rings. The molecular weight excluding hydrogens is 186 g/mol. The number of hydrogen-bond donors (Lipinski definition) is 1. The second-order valence-electron chi connectivity index (χ2n) is 4.80. The van der Waals surface area contributed by atoms with Crippen LogP contribution in [0.4, 0.5) is 0 Å². The Morgan fingerprint density at radius 1 is 1.40 bits per heavy atom. The van der Waals surface area contributed by atoms with E-state index in [0.29, 0.717) is 12.0 Å². The number of aryl methyl sites for hydroxylation is 2. The Bertz CT molecular complexity index is 367. The Morgan fingerprint density at radius 2 is 2.07 bits per heavy atom. The van der Waals surface area contributed by atoms with Crippen molar-refractivity contribution in [3.8, 4) is 0 Å². The van der Waals surface area contributed by atoms with Gasteiger partial charge in [0.2, 0.25) is 0 Å². The van der Waals surface area contributed by atoms with Gasteiger partial charge in [-0.15, -0.1) is 0 Å². The van der Waals surface area contributed by atoms with Gasteiger partial charge in [-0.05, 0) is 44.7 Å². The third-order valence-electron chi connectivity index (χ3n) is 4.08. The molecule has 3 unspecified atom stereocenters. The largest absolute Gasteiger partial charge is 0.317 e. The van der Waals surface area contributed by atoms with E-state index < -0.39 is 0 Å². The molecule has 0 aromatic carbocycles. The number of hydrogen-bond acceptors (Lipinski definition) is 2. The van der Waals surface area contributed by atoms with Crippen LogP contribution >= 0.6 is 0 Å². The van der Waals surface area contributed by atoms with Crippen LogP contribution in [-0.2, 0) is 7.05 Å². The summed E-state index contributed by atoms with van der Waals surface area (Å²) >= 11 is 0. The van der Waals surface area contributed by atoms with E-state index in [1.165, 1.54) is 23.4 Å². The minimum Gasteiger partial charge on any atom is -0.317 e. The Hall–Kier alpha value is -0.830. The topological polar surface area (TPSA) is 29.9 Å². The van der Waals surface area contributed by atoms with E-state index in [9.17, 15) is 0 Å². The van der Waals surface area contributed by atoms with Gasteiger partial charge in [-0.1, -0.05) is 6.92 Å². The molecule has 1 heterocycles. The maximum Gasteiger partial charge on any atom is 0.0631 e. The Balaban J connectivity index is 2.25. The van der Waals surface area contributed by atoms with E-state index in [-0.39, 0.29) is 0 Å². The molecule has 1 aliphatic carbocycles. The molecule has 0 amide bonds. The second-order valence-corrected chi connectivity index (χ2v) is 4.80. The lowest BCUT2D eigenvalue weighted by Crippen LogP contribution is -2.46. The number of nitrogens with zero attached hydrogens (tertiary/aromatic N) is 2. The molecule has 1 fully saturated rings. The smallest absolute Gasteiger partial charge is 0.0631 e. The van der Waals surface area contributed by atoms with Crippen molar-refractivity contribution in [2.24, 2.45) is 13.0 Å². The van der Waals surface area contributed by atoms with Crippen LogP contribution in [0.25, 0.3) is 0 Å². The van der Waals surface area contributed by atoms with Crippen LogP contribution in [0.5, 0.6) is 0 Å². The minimum atomic E-state index is 0.689. The summed E-state index contributed by atoms with van der Waals surface area (Å²) in [6.45, 7) is 6.64. The van der Waals surface area contributed by atoms with Crippen molar-refractivity contribution < 1.29 is 0 Å². The molecule has 1 saturated carbocycles. The molecule has 0 aliphatic heterocycles. The highest BCUT2D eigenvalue weighted by Crippen LogP contribution is 2.44. The quantitative estimate of drug-likeness (QED) is 0.800. The molecular formula is C12H21N3. The average Bonchev–Trinajstić information content (AvgIpc) is 2.43. The first kappa shape index (κ1) is 10.7. The van der Waals surface area contributed by atoms with Crippen LogP contribution in [0, 0.1) is 19.8 Å². The molecule has 15 heavy (non-hydrogen) atoms. The van der Waals surface area contributed by atoms with Crippen molar-refractivity contribution >= 4 is 0 Å². The highest BCUT2D eigenvalue weighted by molar-refractivity contribution is 5.32. The number of nitrogens with one attached hydrogen (secondary N) is 1. The van der Waals surface area contributed by atoms with Gasteiger partial charge >= 0.3 is 0 Å². The van der Waals surface area contributed by atoms with Crippen LogP contribution in [-0.4, -0.2) is 22.9 Å². The van der Waals surface area contributed by atoms with Crippen molar-refractivity contribution in [3.05, 3.63) is 17.0 Å².